The zero-order chi connectivity index (χ0) is 10.3. The molecule has 72 valence electrons. The molecule has 0 atom stereocenters. The highest BCUT2D eigenvalue weighted by molar-refractivity contribution is 5.98. The monoisotopic (exact) mass is 192 g/mol. The van der Waals surface area contributed by atoms with Gasteiger partial charge >= 0.3 is 0 Å². The van der Waals surface area contributed by atoms with Crippen LogP contribution >= 0.6 is 0 Å². The van der Waals surface area contributed by atoms with Gasteiger partial charge in [0.15, 0.2) is 0 Å². The van der Waals surface area contributed by atoms with Crippen LogP contribution in [0, 0.1) is 0 Å². The Balaban J connectivity index is 3.00. The zero-order valence-electron chi connectivity index (χ0n) is 7.10. The summed E-state index contributed by atoms with van der Waals surface area (Å²) in [7, 11) is 0. The van der Waals surface area contributed by atoms with Crippen LogP contribution in [-0.2, 0) is 0 Å². The van der Waals surface area contributed by atoms with E-state index in [1.807, 2.05) is 0 Å². The quantitative estimate of drug-likeness (QED) is 0.478. The molecule has 2 aromatic rings. The van der Waals surface area contributed by atoms with Crippen molar-refractivity contribution in [3.63, 3.8) is 0 Å². The fraction of sp³-hybridized carbons (Fsp3) is 0. The number of fused-ring (bicyclic) bond motifs is 1. The second kappa shape index (κ2) is 2.70. The lowest BCUT2D eigenvalue weighted by Gasteiger charge is -2.05. The van der Waals surface area contributed by atoms with Gasteiger partial charge in [0.05, 0.1) is 5.39 Å². The van der Waals surface area contributed by atoms with Gasteiger partial charge in [0.25, 0.3) is 0 Å². The van der Waals surface area contributed by atoms with E-state index in [2.05, 4.69) is 0 Å². The fourth-order valence-electron chi connectivity index (χ4n) is 1.41. The van der Waals surface area contributed by atoms with Gasteiger partial charge in [-0.25, -0.2) is 0 Å². The van der Waals surface area contributed by atoms with E-state index in [0.29, 0.717) is 0 Å². The Hall–Kier alpha value is -2.10. The zero-order valence-corrected chi connectivity index (χ0v) is 7.10. The molecule has 0 bridgehead atoms. The van der Waals surface area contributed by atoms with Crippen molar-refractivity contribution >= 4 is 10.8 Å². The molecule has 2 rings (SSSR count). The Morgan fingerprint density at radius 3 is 2.07 bits per heavy atom. The maximum Gasteiger partial charge on any atom is 0.130 e. The summed E-state index contributed by atoms with van der Waals surface area (Å²) in [5.74, 6) is -0.691. The summed E-state index contributed by atoms with van der Waals surface area (Å²) in [4.78, 5) is 0. The molecule has 4 N–H and O–H groups in total. The van der Waals surface area contributed by atoms with E-state index in [9.17, 15) is 20.4 Å². The van der Waals surface area contributed by atoms with Gasteiger partial charge in [-0.3, -0.25) is 0 Å². The van der Waals surface area contributed by atoms with Crippen LogP contribution in [0.25, 0.3) is 10.8 Å². The lowest BCUT2D eigenvalue weighted by Crippen LogP contribution is -1.77. The third-order valence-corrected chi connectivity index (χ3v) is 2.03. The van der Waals surface area contributed by atoms with Crippen LogP contribution in [0.5, 0.6) is 23.0 Å². The third kappa shape index (κ3) is 1.08. The van der Waals surface area contributed by atoms with E-state index in [0.717, 1.165) is 6.07 Å². The SMILES string of the molecule is Oc1cc(O)c2c(O)ccc(O)c2c1. The summed E-state index contributed by atoms with van der Waals surface area (Å²) < 4.78 is 0. The van der Waals surface area contributed by atoms with E-state index < -0.39 is 0 Å². The van der Waals surface area contributed by atoms with Crippen molar-refractivity contribution < 1.29 is 20.4 Å². The predicted octanol–water partition coefficient (Wildman–Crippen LogP) is 1.66. The van der Waals surface area contributed by atoms with Gasteiger partial charge in [-0.05, 0) is 18.2 Å². The highest BCUT2D eigenvalue weighted by Crippen LogP contribution is 2.39. The summed E-state index contributed by atoms with van der Waals surface area (Å²) in [6, 6.07) is 4.93. The molecule has 2 aromatic carbocycles. The van der Waals surface area contributed by atoms with Crippen molar-refractivity contribution in [2.45, 2.75) is 0 Å². The van der Waals surface area contributed by atoms with Crippen molar-refractivity contribution in [3.05, 3.63) is 24.3 Å². The number of aromatic hydroxyl groups is 4. The number of hydrogen-bond donors (Lipinski definition) is 4. The smallest absolute Gasteiger partial charge is 0.130 e. The molecule has 0 saturated carbocycles. The summed E-state index contributed by atoms with van der Waals surface area (Å²) in [6.07, 6.45) is 0. The number of benzene rings is 2. The molecule has 0 amide bonds. The Morgan fingerprint density at radius 1 is 0.714 bits per heavy atom. The van der Waals surface area contributed by atoms with Crippen molar-refractivity contribution in [2.75, 3.05) is 0 Å². The molecule has 0 aromatic heterocycles. The van der Waals surface area contributed by atoms with Gasteiger partial charge in [0, 0.05) is 11.5 Å². The van der Waals surface area contributed by atoms with Gasteiger partial charge in [0.1, 0.15) is 23.0 Å². The molecule has 0 unspecified atom stereocenters. The van der Waals surface area contributed by atoms with Crippen LogP contribution in [0.2, 0.25) is 0 Å². The van der Waals surface area contributed by atoms with E-state index in [4.69, 9.17) is 0 Å². The molecule has 0 aliphatic heterocycles. The molecule has 0 saturated heterocycles. The van der Waals surface area contributed by atoms with Crippen LogP contribution in [-0.4, -0.2) is 20.4 Å². The van der Waals surface area contributed by atoms with Gasteiger partial charge in [0.2, 0.25) is 0 Å². The molecular formula is C10H8O4. The van der Waals surface area contributed by atoms with Crippen LogP contribution in [0.1, 0.15) is 0 Å². The van der Waals surface area contributed by atoms with Crippen LogP contribution < -0.4 is 0 Å². The molecule has 0 aliphatic carbocycles. The van der Waals surface area contributed by atoms with Crippen molar-refractivity contribution in [3.8, 4) is 23.0 Å². The molecule has 4 heteroatoms. The molecule has 0 aliphatic rings. The number of phenolic OH excluding ortho intramolecular Hbond substituents is 4. The van der Waals surface area contributed by atoms with Crippen molar-refractivity contribution in [2.24, 2.45) is 0 Å². The first-order valence-electron chi connectivity index (χ1n) is 3.96. The second-order valence-corrected chi connectivity index (χ2v) is 2.99. The lowest BCUT2D eigenvalue weighted by molar-refractivity contribution is 0.445. The Morgan fingerprint density at radius 2 is 1.36 bits per heavy atom. The largest absolute Gasteiger partial charge is 0.508 e. The minimum absolute atomic E-state index is 0.107. The van der Waals surface area contributed by atoms with E-state index in [1.54, 1.807) is 0 Å². The standard InChI is InChI=1S/C10H8O4/c11-5-3-6-7(12)1-2-8(13)10(6)9(14)4-5/h1-4,11-14H. The molecular weight excluding hydrogens is 184 g/mol. The highest BCUT2D eigenvalue weighted by atomic mass is 16.3. The summed E-state index contributed by atoms with van der Waals surface area (Å²) in [6.45, 7) is 0. The Labute approximate surface area is 79.3 Å². The molecule has 14 heavy (non-hydrogen) atoms. The minimum Gasteiger partial charge on any atom is -0.508 e. The van der Waals surface area contributed by atoms with Gasteiger partial charge in [-0.1, -0.05) is 0 Å². The van der Waals surface area contributed by atoms with E-state index >= 15 is 0 Å². The predicted molar refractivity (Wildman–Crippen MR) is 50.6 cm³/mol. The Kier molecular flexibility index (Phi) is 1.64. The minimum atomic E-state index is -0.270. The summed E-state index contributed by atoms with van der Waals surface area (Å²) in [5, 5.41) is 37.8. The van der Waals surface area contributed by atoms with E-state index in [-0.39, 0.29) is 33.8 Å². The van der Waals surface area contributed by atoms with Crippen molar-refractivity contribution in [1.82, 2.24) is 0 Å². The summed E-state index contributed by atoms with van der Waals surface area (Å²) >= 11 is 0. The fourth-order valence-corrected chi connectivity index (χ4v) is 1.41. The third-order valence-electron chi connectivity index (χ3n) is 2.03. The maximum absolute atomic E-state index is 9.43. The molecule has 0 spiro atoms. The summed E-state index contributed by atoms with van der Waals surface area (Å²) in [5.41, 5.74) is 0. The molecule has 0 heterocycles. The second-order valence-electron chi connectivity index (χ2n) is 2.99. The molecule has 0 fully saturated rings. The number of rotatable bonds is 0. The molecule has 4 nitrogen and oxygen atoms in total. The average Bonchev–Trinajstić information content (AvgIpc) is 2.10. The van der Waals surface area contributed by atoms with Crippen molar-refractivity contribution in [1.29, 1.82) is 0 Å². The van der Waals surface area contributed by atoms with E-state index in [1.165, 1.54) is 18.2 Å². The highest BCUT2D eigenvalue weighted by Gasteiger charge is 2.10. The van der Waals surface area contributed by atoms with Gasteiger partial charge in [-0.15, -0.1) is 0 Å². The van der Waals surface area contributed by atoms with Crippen LogP contribution in [0.15, 0.2) is 24.3 Å². The van der Waals surface area contributed by atoms with Gasteiger partial charge < -0.3 is 20.4 Å². The maximum atomic E-state index is 9.43. The first-order valence-corrected chi connectivity index (χ1v) is 3.96. The topological polar surface area (TPSA) is 80.9 Å². The normalized spacial score (nSPS) is 10.6. The van der Waals surface area contributed by atoms with Crippen LogP contribution in [0.3, 0.4) is 0 Å². The number of phenols is 4. The Bertz CT molecular complexity index is 505. The molecule has 0 radical (unpaired) electrons. The van der Waals surface area contributed by atoms with Crippen LogP contribution in [0.4, 0.5) is 0 Å². The number of hydrogen-bond acceptors (Lipinski definition) is 4. The average molecular weight is 192 g/mol. The first-order chi connectivity index (χ1) is 6.59. The first kappa shape index (κ1) is 8.50. The van der Waals surface area contributed by atoms with Gasteiger partial charge in [-0.2, -0.15) is 0 Å². The lowest BCUT2D eigenvalue weighted by atomic mass is 10.1.